The predicted molar refractivity (Wildman–Crippen MR) is 116 cm³/mol. The molecule has 1 heterocycles. The number of ether oxygens (including phenoxy) is 1. The fraction of sp³-hybridized carbons (Fsp3) is 0.217. The molecule has 0 atom stereocenters. The summed E-state index contributed by atoms with van der Waals surface area (Å²) in [5, 5.41) is 4.50. The molecule has 0 aliphatic carbocycles. The topological polar surface area (TPSA) is 63.8 Å². The van der Waals surface area contributed by atoms with Crippen molar-refractivity contribution in [2.45, 2.75) is 26.2 Å². The van der Waals surface area contributed by atoms with Crippen LogP contribution in [0.4, 0.5) is 0 Å². The number of nitrogens with one attached hydrogen (secondary N) is 1. The van der Waals surface area contributed by atoms with Crippen molar-refractivity contribution < 1.29 is 13.9 Å². The normalized spacial score (nSPS) is 11.6. The molecule has 6 heteroatoms. The van der Waals surface area contributed by atoms with Gasteiger partial charge in [-0.3, -0.25) is 4.79 Å². The second-order valence-corrected chi connectivity index (χ2v) is 7.95. The first-order chi connectivity index (χ1) is 13.8. The summed E-state index contributed by atoms with van der Waals surface area (Å²) in [7, 11) is 0. The van der Waals surface area contributed by atoms with Crippen molar-refractivity contribution in [2.75, 3.05) is 6.61 Å². The van der Waals surface area contributed by atoms with Crippen LogP contribution in [0.5, 0.6) is 5.75 Å². The molecule has 1 amide bonds. The molecule has 0 aliphatic heterocycles. The van der Waals surface area contributed by atoms with Crippen LogP contribution in [0.2, 0.25) is 5.02 Å². The van der Waals surface area contributed by atoms with Crippen molar-refractivity contribution in [2.24, 2.45) is 5.10 Å². The maximum absolute atomic E-state index is 11.9. The van der Waals surface area contributed by atoms with Crippen molar-refractivity contribution >= 4 is 23.7 Å². The lowest BCUT2D eigenvalue weighted by molar-refractivity contribution is -0.123. The van der Waals surface area contributed by atoms with E-state index in [4.69, 9.17) is 20.8 Å². The van der Waals surface area contributed by atoms with E-state index < -0.39 is 0 Å². The summed E-state index contributed by atoms with van der Waals surface area (Å²) in [6.45, 7) is 6.30. The highest BCUT2D eigenvalue weighted by Crippen LogP contribution is 2.28. The van der Waals surface area contributed by atoms with Gasteiger partial charge >= 0.3 is 0 Å². The third-order valence-electron chi connectivity index (χ3n) is 4.24. The number of hydrazone groups is 1. The van der Waals surface area contributed by atoms with Gasteiger partial charge in [-0.15, -0.1) is 0 Å². The molecule has 0 bridgehead atoms. The number of hydrogen-bond acceptors (Lipinski definition) is 4. The standard InChI is InChI=1S/C23H23ClN2O3/c1-23(2,3)16-8-10-17(11-9-16)28-15-22(27)26-25-14-18-12-13-21(29-18)19-6-4-5-7-20(19)24/h4-14H,15H2,1-3H3,(H,26,27)/b25-14+. The molecule has 3 aromatic rings. The fourth-order valence-corrected chi connectivity index (χ4v) is 2.86. The van der Waals surface area contributed by atoms with Crippen LogP contribution < -0.4 is 10.2 Å². The minimum Gasteiger partial charge on any atom is -0.484 e. The predicted octanol–water partition coefficient (Wildman–Crippen LogP) is 5.43. The molecule has 0 aliphatic rings. The third kappa shape index (κ3) is 5.72. The summed E-state index contributed by atoms with van der Waals surface area (Å²) >= 11 is 6.17. The number of furan rings is 1. The SMILES string of the molecule is CC(C)(C)c1ccc(OCC(=O)N/N=C/c2ccc(-c3ccccc3Cl)o2)cc1. The van der Waals surface area contributed by atoms with Gasteiger partial charge in [0.25, 0.3) is 5.91 Å². The molecule has 1 N–H and O–H groups in total. The Labute approximate surface area is 175 Å². The van der Waals surface area contributed by atoms with Crippen molar-refractivity contribution in [3.05, 3.63) is 77.0 Å². The first-order valence-corrected chi connectivity index (χ1v) is 9.61. The lowest BCUT2D eigenvalue weighted by Crippen LogP contribution is -2.24. The van der Waals surface area contributed by atoms with Gasteiger partial charge in [-0.25, -0.2) is 5.43 Å². The summed E-state index contributed by atoms with van der Waals surface area (Å²) in [6, 6.07) is 18.7. The average Bonchev–Trinajstić information content (AvgIpc) is 3.15. The zero-order chi connectivity index (χ0) is 20.9. The third-order valence-corrected chi connectivity index (χ3v) is 4.57. The maximum atomic E-state index is 11.9. The van der Waals surface area contributed by atoms with E-state index in [-0.39, 0.29) is 17.9 Å². The van der Waals surface area contributed by atoms with E-state index in [1.807, 2.05) is 42.5 Å². The number of carbonyl (C=O) groups is 1. The van der Waals surface area contributed by atoms with E-state index >= 15 is 0 Å². The smallest absolute Gasteiger partial charge is 0.277 e. The van der Waals surface area contributed by atoms with E-state index in [1.54, 1.807) is 18.2 Å². The largest absolute Gasteiger partial charge is 0.484 e. The van der Waals surface area contributed by atoms with Crippen LogP contribution in [0, 0.1) is 0 Å². The fourth-order valence-electron chi connectivity index (χ4n) is 2.63. The molecular formula is C23H23ClN2O3. The zero-order valence-corrected chi connectivity index (χ0v) is 17.4. The average molecular weight is 411 g/mol. The summed E-state index contributed by atoms with van der Waals surface area (Å²) in [4.78, 5) is 11.9. The Kier molecular flexibility index (Phi) is 6.39. The van der Waals surface area contributed by atoms with Gasteiger partial charge in [0.2, 0.25) is 0 Å². The van der Waals surface area contributed by atoms with E-state index in [1.165, 1.54) is 11.8 Å². The highest BCUT2D eigenvalue weighted by Gasteiger charge is 2.13. The van der Waals surface area contributed by atoms with Gasteiger partial charge in [0, 0.05) is 5.56 Å². The highest BCUT2D eigenvalue weighted by atomic mass is 35.5. The molecule has 0 radical (unpaired) electrons. The monoisotopic (exact) mass is 410 g/mol. The minimum absolute atomic E-state index is 0.0716. The van der Waals surface area contributed by atoms with E-state index in [2.05, 4.69) is 31.3 Å². The number of halogens is 1. The van der Waals surface area contributed by atoms with Gasteiger partial charge in [0.1, 0.15) is 17.3 Å². The van der Waals surface area contributed by atoms with E-state index in [0.717, 1.165) is 5.56 Å². The molecular weight excluding hydrogens is 388 g/mol. The number of amides is 1. The number of hydrogen-bond donors (Lipinski definition) is 1. The van der Waals surface area contributed by atoms with Crippen LogP contribution in [0.25, 0.3) is 11.3 Å². The molecule has 2 aromatic carbocycles. The number of nitrogens with zero attached hydrogens (tertiary/aromatic N) is 1. The van der Waals surface area contributed by atoms with Crippen LogP contribution in [-0.2, 0) is 10.2 Å². The lowest BCUT2D eigenvalue weighted by atomic mass is 9.87. The molecule has 150 valence electrons. The maximum Gasteiger partial charge on any atom is 0.277 e. The van der Waals surface area contributed by atoms with Gasteiger partial charge < -0.3 is 9.15 Å². The van der Waals surface area contributed by atoms with Crippen LogP contribution in [-0.4, -0.2) is 18.7 Å². The Morgan fingerprint density at radius 2 is 1.83 bits per heavy atom. The minimum atomic E-state index is -0.362. The first-order valence-electron chi connectivity index (χ1n) is 9.23. The summed E-state index contributed by atoms with van der Waals surface area (Å²) in [5.74, 6) is 1.40. The summed E-state index contributed by atoms with van der Waals surface area (Å²) < 4.78 is 11.2. The Morgan fingerprint density at radius 1 is 1.10 bits per heavy atom. The van der Waals surface area contributed by atoms with E-state index in [0.29, 0.717) is 22.3 Å². The number of rotatable bonds is 6. The first kappa shape index (κ1) is 20.7. The number of carbonyl (C=O) groups excluding carboxylic acids is 1. The van der Waals surface area contributed by atoms with Gasteiger partial charge in [0.15, 0.2) is 6.61 Å². The molecule has 0 saturated carbocycles. The molecule has 29 heavy (non-hydrogen) atoms. The highest BCUT2D eigenvalue weighted by molar-refractivity contribution is 6.33. The van der Waals surface area contributed by atoms with Gasteiger partial charge in [-0.2, -0.15) is 5.10 Å². The van der Waals surface area contributed by atoms with E-state index in [9.17, 15) is 4.79 Å². The molecule has 1 aromatic heterocycles. The van der Waals surface area contributed by atoms with Gasteiger partial charge in [-0.1, -0.05) is 56.6 Å². The molecule has 0 fully saturated rings. The Balaban J connectivity index is 1.50. The van der Waals surface area contributed by atoms with Gasteiger partial charge in [0.05, 0.1) is 11.2 Å². The van der Waals surface area contributed by atoms with Crippen LogP contribution >= 0.6 is 11.6 Å². The second-order valence-electron chi connectivity index (χ2n) is 7.54. The Bertz CT molecular complexity index is 1000. The molecule has 0 saturated heterocycles. The number of benzene rings is 2. The summed E-state index contributed by atoms with van der Waals surface area (Å²) in [5.41, 5.74) is 4.49. The van der Waals surface area contributed by atoms with Crippen molar-refractivity contribution in [3.63, 3.8) is 0 Å². The molecule has 5 nitrogen and oxygen atoms in total. The quantitative estimate of drug-likeness (QED) is 0.435. The zero-order valence-electron chi connectivity index (χ0n) is 16.6. The summed E-state index contributed by atoms with van der Waals surface area (Å²) in [6.07, 6.45) is 1.43. The van der Waals surface area contributed by atoms with Crippen LogP contribution in [0.15, 0.2) is 70.2 Å². The molecule has 3 rings (SSSR count). The Hall–Kier alpha value is -3.05. The molecule has 0 spiro atoms. The Morgan fingerprint density at radius 3 is 2.52 bits per heavy atom. The van der Waals surface area contributed by atoms with Crippen molar-refractivity contribution in [1.29, 1.82) is 0 Å². The van der Waals surface area contributed by atoms with Crippen LogP contribution in [0.1, 0.15) is 32.1 Å². The lowest BCUT2D eigenvalue weighted by Gasteiger charge is -2.19. The van der Waals surface area contributed by atoms with Crippen molar-refractivity contribution in [3.8, 4) is 17.1 Å². The van der Waals surface area contributed by atoms with Gasteiger partial charge in [-0.05, 0) is 47.4 Å². The van der Waals surface area contributed by atoms with Crippen molar-refractivity contribution in [1.82, 2.24) is 5.43 Å². The molecule has 0 unspecified atom stereocenters. The van der Waals surface area contributed by atoms with Crippen LogP contribution in [0.3, 0.4) is 0 Å². The second kappa shape index (κ2) is 8.97.